The molecule has 1 N–H and O–H groups in total. The maximum Gasteiger partial charge on any atom is 0.407 e. The summed E-state index contributed by atoms with van der Waals surface area (Å²) in [5.41, 5.74) is -0.225. The van der Waals surface area contributed by atoms with E-state index in [-0.39, 0.29) is 5.41 Å². The van der Waals surface area contributed by atoms with Crippen LogP contribution in [0.2, 0.25) is 19.6 Å². The van der Waals surface area contributed by atoms with Crippen LogP contribution >= 0.6 is 0 Å². The molecule has 4 nitrogen and oxygen atoms in total. The van der Waals surface area contributed by atoms with Gasteiger partial charge in [-0.2, -0.15) is 0 Å². The van der Waals surface area contributed by atoms with Gasteiger partial charge in [-0.05, 0) is 25.7 Å². The maximum atomic E-state index is 10.9. The molecule has 0 fully saturated rings. The number of carboxylic acid groups (broad SMARTS) is 1. The first-order valence-corrected chi connectivity index (χ1v) is 8.90. The molecule has 0 aliphatic carbocycles. The van der Waals surface area contributed by atoms with Crippen molar-refractivity contribution in [3.8, 4) is 0 Å². The van der Waals surface area contributed by atoms with Gasteiger partial charge in [0, 0.05) is 18.5 Å². The molecule has 16 heavy (non-hydrogen) atoms. The highest BCUT2D eigenvalue weighted by atomic mass is 28.4. The van der Waals surface area contributed by atoms with Crippen LogP contribution in [-0.4, -0.2) is 37.5 Å². The molecule has 92 valence electrons. The summed E-state index contributed by atoms with van der Waals surface area (Å²) in [6.07, 6.45) is 1.03. The Balaban J connectivity index is 2.83. The summed E-state index contributed by atoms with van der Waals surface area (Å²) in [5.74, 6) is 0.948. The lowest BCUT2D eigenvalue weighted by Crippen LogP contribution is -2.44. The van der Waals surface area contributed by atoms with Crippen molar-refractivity contribution in [1.29, 1.82) is 0 Å². The Labute approximate surface area is 98.0 Å². The lowest BCUT2D eigenvalue weighted by Gasteiger charge is -2.39. The normalized spacial score (nSPS) is 20.3. The molecule has 1 amide bonds. The zero-order valence-corrected chi connectivity index (χ0v) is 11.7. The first-order valence-electron chi connectivity index (χ1n) is 5.49. The average Bonchev–Trinajstić information content (AvgIpc) is 2.05. The van der Waals surface area contributed by atoms with E-state index in [9.17, 15) is 4.79 Å². The van der Waals surface area contributed by atoms with Crippen molar-refractivity contribution in [3.63, 3.8) is 0 Å². The van der Waals surface area contributed by atoms with Gasteiger partial charge in [0.2, 0.25) is 8.32 Å². The van der Waals surface area contributed by atoms with Crippen LogP contribution in [0.1, 0.15) is 13.8 Å². The molecule has 0 radical (unpaired) electrons. The molecule has 0 saturated heterocycles. The van der Waals surface area contributed by atoms with Crippen molar-refractivity contribution < 1.29 is 14.3 Å². The SMILES string of the molecule is CC1(C)CN(C(=O)O)CC=C1O[Si](C)(C)C. The van der Waals surface area contributed by atoms with E-state index in [4.69, 9.17) is 9.53 Å². The van der Waals surface area contributed by atoms with Crippen LogP contribution in [0.25, 0.3) is 0 Å². The van der Waals surface area contributed by atoms with Gasteiger partial charge < -0.3 is 14.4 Å². The number of rotatable bonds is 2. The molecule has 0 bridgehead atoms. The first-order chi connectivity index (χ1) is 7.12. The van der Waals surface area contributed by atoms with Crippen molar-refractivity contribution in [2.45, 2.75) is 33.5 Å². The minimum atomic E-state index is -1.62. The van der Waals surface area contributed by atoms with Crippen molar-refractivity contribution in [2.75, 3.05) is 13.1 Å². The summed E-state index contributed by atoms with van der Waals surface area (Å²) in [6, 6.07) is 0. The van der Waals surface area contributed by atoms with Gasteiger partial charge >= 0.3 is 6.09 Å². The number of hydrogen-bond acceptors (Lipinski definition) is 2. The summed E-state index contributed by atoms with van der Waals surface area (Å²) in [4.78, 5) is 12.3. The van der Waals surface area contributed by atoms with Gasteiger partial charge in [0.25, 0.3) is 0 Å². The van der Waals surface area contributed by atoms with Crippen molar-refractivity contribution in [1.82, 2.24) is 4.90 Å². The monoisotopic (exact) mass is 243 g/mol. The van der Waals surface area contributed by atoms with E-state index < -0.39 is 14.4 Å². The average molecular weight is 243 g/mol. The lowest BCUT2D eigenvalue weighted by molar-refractivity contribution is 0.115. The Morgan fingerprint density at radius 2 is 2.06 bits per heavy atom. The van der Waals surface area contributed by atoms with E-state index in [1.165, 1.54) is 4.90 Å². The first kappa shape index (κ1) is 13.1. The number of hydrogen-bond donors (Lipinski definition) is 1. The van der Waals surface area contributed by atoms with Gasteiger partial charge in [0.1, 0.15) is 0 Å². The van der Waals surface area contributed by atoms with Crippen LogP contribution in [0.4, 0.5) is 4.79 Å². The minimum Gasteiger partial charge on any atom is -0.547 e. The fourth-order valence-electron chi connectivity index (χ4n) is 1.74. The Bertz CT molecular complexity index is 318. The Morgan fingerprint density at radius 1 is 1.50 bits per heavy atom. The summed E-state index contributed by atoms with van der Waals surface area (Å²) in [6.45, 7) is 11.4. The van der Waals surface area contributed by atoms with Gasteiger partial charge in [-0.3, -0.25) is 0 Å². The van der Waals surface area contributed by atoms with Crippen LogP contribution in [0.15, 0.2) is 11.8 Å². The van der Waals surface area contributed by atoms with Gasteiger partial charge in [-0.15, -0.1) is 0 Å². The second kappa shape index (κ2) is 4.12. The molecule has 0 aromatic carbocycles. The van der Waals surface area contributed by atoms with E-state index in [0.29, 0.717) is 13.1 Å². The van der Waals surface area contributed by atoms with Crippen molar-refractivity contribution in [2.24, 2.45) is 5.41 Å². The van der Waals surface area contributed by atoms with Crippen LogP contribution < -0.4 is 0 Å². The van der Waals surface area contributed by atoms with E-state index in [0.717, 1.165) is 5.76 Å². The highest BCUT2D eigenvalue weighted by Crippen LogP contribution is 2.33. The van der Waals surface area contributed by atoms with Gasteiger partial charge in [0.15, 0.2) is 0 Å². The molecule has 0 spiro atoms. The lowest BCUT2D eigenvalue weighted by atomic mass is 9.87. The summed E-state index contributed by atoms with van der Waals surface area (Å²) < 4.78 is 6.00. The van der Waals surface area contributed by atoms with Gasteiger partial charge in [-0.1, -0.05) is 13.8 Å². The minimum absolute atomic E-state index is 0.225. The summed E-state index contributed by atoms with van der Waals surface area (Å²) in [7, 11) is -1.62. The Kier molecular flexibility index (Phi) is 3.37. The molecule has 1 rings (SSSR count). The zero-order valence-electron chi connectivity index (χ0n) is 10.7. The van der Waals surface area contributed by atoms with E-state index in [1.807, 2.05) is 19.9 Å². The van der Waals surface area contributed by atoms with E-state index in [2.05, 4.69) is 19.6 Å². The second-order valence-corrected chi connectivity index (χ2v) is 10.3. The predicted octanol–water partition coefficient (Wildman–Crippen LogP) is 2.74. The number of carbonyl (C=O) groups is 1. The molecule has 0 unspecified atom stereocenters. The highest BCUT2D eigenvalue weighted by Gasteiger charge is 2.35. The van der Waals surface area contributed by atoms with Gasteiger partial charge in [-0.25, -0.2) is 4.79 Å². The van der Waals surface area contributed by atoms with Crippen LogP contribution in [0.3, 0.4) is 0 Å². The van der Waals surface area contributed by atoms with Crippen LogP contribution in [-0.2, 0) is 4.43 Å². The van der Waals surface area contributed by atoms with E-state index >= 15 is 0 Å². The quantitative estimate of drug-likeness (QED) is 0.759. The molecule has 5 heteroatoms. The molecule has 0 atom stereocenters. The fraction of sp³-hybridized carbons (Fsp3) is 0.727. The van der Waals surface area contributed by atoms with Crippen LogP contribution in [0.5, 0.6) is 0 Å². The molecule has 0 saturated carbocycles. The zero-order chi connectivity index (χ0) is 12.6. The predicted molar refractivity (Wildman–Crippen MR) is 65.9 cm³/mol. The third-order valence-electron chi connectivity index (χ3n) is 2.44. The second-order valence-electron chi connectivity index (χ2n) is 5.83. The molecule has 1 aliphatic rings. The fourth-order valence-corrected chi connectivity index (χ4v) is 2.76. The number of nitrogens with zero attached hydrogens (tertiary/aromatic N) is 1. The number of amides is 1. The Morgan fingerprint density at radius 3 is 2.44 bits per heavy atom. The summed E-state index contributed by atoms with van der Waals surface area (Å²) >= 11 is 0. The van der Waals surface area contributed by atoms with Crippen molar-refractivity contribution in [3.05, 3.63) is 11.8 Å². The standard InChI is InChI=1S/C11H21NO3Si/c1-11(2)8-12(10(13)14)7-6-9(11)15-16(3,4)5/h6H,7-8H2,1-5H3,(H,13,14). The van der Waals surface area contributed by atoms with Gasteiger partial charge in [0.05, 0.1) is 5.76 Å². The third kappa shape index (κ3) is 3.26. The smallest absolute Gasteiger partial charge is 0.407 e. The Hall–Kier alpha value is -0.973. The molecular formula is C11H21NO3Si. The third-order valence-corrected chi connectivity index (χ3v) is 3.27. The van der Waals surface area contributed by atoms with E-state index in [1.54, 1.807) is 0 Å². The molecule has 0 aromatic rings. The summed E-state index contributed by atoms with van der Waals surface area (Å²) in [5, 5.41) is 8.95. The largest absolute Gasteiger partial charge is 0.547 e. The molecule has 0 aromatic heterocycles. The highest BCUT2D eigenvalue weighted by molar-refractivity contribution is 6.70. The topological polar surface area (TPSA) is 49.8 Å². The molecule has 1 aliphatic heterocycles. The molecule has 1 heterocycles. The molecular weight excluding hydrogens is 222 g/mol. The maximum absolute atomic E-state index is 10.9. The van der Waals surface area contributed by atoms with Crippen LogP contribution in [0, 0.1) is 5.41 Å². The van der Waals surface area contributed by atoms with Crippen molar-refractivity contribution >= 4 is 14.4 Å².